The number of nitrogens with zero attached hydrogens (tertiary/aromatic N) is 3. The number of aliphatic imine (C=N–C) groups is 2. The molecule has 0 aliphatic carbocycles. The van der Waals surface area contributed by atoms with E-state index in [1.54, 1.807) is 13.0 Å². The van der Waals surface area contributed by atoms with Gasteiger partial charge in [-0.2, -0.15) is 17.6 Å². The Hall–Kier alpha value is -3.18. The Labute approximate surface area is 175 Å². The molecule has 2 aliphatic heterocycles. The van der Waals surface area contributed by atoms with Crippen LogP contribution in [0.3, 0.4) is 0 Å². The van der Waals surface area contributed by atoms with Gasteiger partial charge in [0.05, 0.1) is 24.9 Å². The van der Waals surface area contributed by atoms with E-state index in [9.17, 15) is 22.4 Å². The number of pyridine rings is 1. The highest BCUT2D eigenvalue weighted by Gasteiger charge is 2.52. The first-order chi connectivity index (χ1) is 14.4. The van der Waals surface area contributed by atoms with Crippen LogP contribution in [-0.4, -0.2) is 54.1 Å². The maximum atomic E-state index is 14.7. The van der Waals surface area contributed by atoms with E-state index in [1.807, 2.05) is 0 Å². The van der Waals surface area contributed by atoms with Crippen molar-refractivity contribution >= 4 is 18.1 Å². The Bertz CT molecular complexity index is 945. The average molecular weight is 443 g/mol. The highest BCUT2D eigenvalue weighted by molar-refractivity contribution is 5.94. The minimum atomic E-state index is -4.71. The van der Waals surface area contributed by atoms with Gasteiger partial charge in [-0.25, -0.2) is 15.0 Å². The van der Waals surface area contributed by atoms with Gasteiger partial charge in [-0.3, -0.25) is 4.79 Å². The fraction of sp³-hybridized carbons (Fsp3) is 0.474. The molecule has 3 N–H and O–H groups in total. The molecule has 3 rings (SSSR count). The van der Waals surface area contributed by atoms with Crippen molar-refractivity contribution in [1.29, 1.82) is 0 Å². The first-order valence-corrected chi connectivity index (χ1v) is 9.28. The molecule has 0 saturated heterocycles. The van der Waals surface area contributed by atoms with Gasteiger partial charge < -0.3 is 20.5 Å². The Balaban J connectivity index is 1.84. The van der Waals surface area contributed by atoms with Crippen molar-refractivity contribution in [3.8, 4) is 5.75 Å². The highest BCUT2D eigenvalue weighted by atomic mass is 19.4. The first kappa shape index (κ1) is 22.5. The molecule has 8 nitrogen and oxygen atoms in total. The van der Waals surface area contributed by atoms with Crippen LogP contribution in [-0.2, 0) is 4.74 Å². The molecule has 1 aromatic heterocycles. The van der Waals surface area contributed by atoms with Crippen LogP contribution in [0.15, 0.2) is 39.8 Å². The number of alkyl halides is 3. The van der Waals surface area contributed by atoms with Crippen LogP contribution in [0.5, 0.6) is 5.75 Å². The molecule has 3 heterocycles. The smallest absolute Gasteiger partial charge is 0.425 e. The molecule has 0 spiro atoms. The van der Waals surface area contributed by atoms with Gasteiger partial charge in [0.15, 0.2) is 6.10 Å². The third kappa shape index (κ3) is 4.62. The second kappa shape index (κ2) is 8.16. The number of hydrogen-bond donors (Lipinski definition) is 2. The fourth-order valence-corrected chi connectivity index (χ4v) is 3.66. The minimum Gasteiger partial charge on any atom is -0.495 e. The van der Waals surface area contributed by atoms with Gasteiger partial charge in [0.1, 0.15) is 11.4 Å². The number of amides is 1. The Morgan fingerprint density at radius 1 is 1.39 bits per heavy atom. The van der Waals surface area contributed by atoms with Crippen molar-refractivity contribution in [1.82, 2.24) is 10.3 Å². The molecular weight excluding hydrogens is 422 g/mol. The summed E-state index contributed by atoms with van der Waals surface area (Å²) in [5.41, 5.74) is 3.78. The number of ether oxygens (including phenoxy) is 2. The number of methoxy groups -OCH3 is 1. The van der Waals surface area contributed by atoms with E-state index in [1.165, 1.54) is 32.5 Å². The van der Waals surface area contributed by atoms with E-state index in [-0.39, 0.29) is 11.3 Å². The normalized spacial score (nSPS) is 28.6. The number of hydrogen-bond acceptors (Lipinski definition) is 7. The number of nitrogens with one attached hydrogen (secondary N) is 1. The van der Waals surface area contributed by atoms with E-state index in [4.69, 9.17) is 10.5 Å². The maximum Gasteiger partial charge on any atom is 0.425 e. The fourth-order valence-electron chi connectivity index (χ4n) is 3.66. The zero-order valence-corrected chi connectivity index (χ0v) is 16.9. The summed E-state index contributed by atoms with van der Waals surface area (Å²) in [6.45, 7) is 2.89. The molecule has 2 aliphatic rings. The Morgan fingerprint density at radius 3 is 2.68 bits per heavy atom. The monoisotopic (exact) mass is 443 g/mol. The van der Waals surface area contributed by atoms with Gasteiger partial charge in [0, 0.05) is 24.1 Å². The molecular formula is C19H21F4N5O3. The predicted molar refractivity (Wildman–Crippen MR) is 103 cm³/mol. The van der Waals surface area contributed by atoms with Crippen LogP contribution < -0.4 is 15.8 Å². The van der Waals surface area contributed by atoms with E-state index < -0.39 is 54.1 Å². The molecule has 4 atom stereocenters. The number of nitrogens with two attached hydrogens (primary N) is 1. The Morgan fingerprint density at radius 2 is 2.10 bits per heavy atom. The SMILES string of the molecule is COc1ccc(C(=O)NC2C=NC(F)=C([C@]3(C)C[C@@H](C(F)(F)F)OC(N)=N3)C2C)nc1. The average Bonchev–Trinajstić information content (AvgIpc) is 2.68. The lowest BCUT2D eigenvalue weighted by atomic mass is 9.76. The summed E-state index contributed by atoms with van der Waals surface area (Å²) in [5, 5.41) is 2.66. The molecule has 2 unspecified atom stereocenters. The van der Waals surface area contributed by atoms with Crippen LogP contribution >= 0.6 is 0 Å². The molecule has 0 aromatic carbocycles. The van der Waals surface area contributed by atoms with Crippen LogP contribution in [0.2, 0.25) is 0 Å². The van der Waals surface area contributed by atoms with Crippen LogP contribution in [0.4, 0.5) is 17.6 Å². The van der Waals surface area contributed by atoms with Gasteiger partial charge in [-0.15, -0.1) is 0 Å². The summed E-state index contributed by atoms with van der Waals surface area (Å²) in [5.74, 6) is -1.85. The lowest BCUT2D eigenvalue weighted by Gasteiger charge is -2.40. The van der Waals surface area contributed by atoms with Crippen LogP contribution in [0.1, 0.15) is 30.8 Å². The van der Waals surface area contributed by atoms with Crippen molar-refractivity contribution in [3.05, 3.63) is 35.5 Å². The molecule has 12 heteroatoms. The molecule has 31 heavy (non-hydrogen) atoms. The third-order valence-corrected chi connectivity index (χ3v) is 5.22. The molecule has 1 aromatic rings. The topological polar surface area (TPSA) is 111 Å². The summed E-state index contributed by atoms with van der Waals surface area (Å²) in [4.78, 5) is 24.1. The number of rotatable bonds is 4. The number of halogens is 4. The summed E-state index contributed by atoms with van der Waals surface area (Å²) in [7, 11) is 1.45. The van der Waals surface area contributed by atoms with E-state index in [0.717, 1.165) is 0 Å². The third-order valence-electron chi connectivity index (χ3n) is 5.22. The first-order valence-electron chi connectivity index (χ1n) is 9.28. The Kier molecular flexibility index (Phi) is 5.92. The van der Waals surface area contributed by atoms with E-state index >= 15 is 0 Å². The number of carbonyl (C=O) groups excluding carboxylic acids is 1. The van der Waals surface area contributed by atoms with Crippen molar-refractivity contribution in [2.45, 2.75) is 44.1 Å². The highest BCUT2D eigenvalue weighted by Crippen LogP contribution is 2.43. The molecule has 168 valence electrons. The minimum absolute atomic E-state index is 0.0784. The van der Waals surface area contributed by atoms with Gasteiger partial charge in [-0.05, 0) is 19.1 Å². The van der Waals surface area contributed by atoms with E-state index in [2.05, 4.69) is 25.0 Å². The number of aromatic nitrogens is 1. The standard InChI is InChI=1S/C19H21F4N5O3/c1-9-12(27-16(29)11-5-4-10(30-3)7-25-11)8-26-15(20)14(9)18(2)6-13(19(21,22)23)31-17(24)28-18/h4-5,7-9,12-13H,6H2,1-3H3,(H2,24,28)(H,27,29)/t9?,12?,13-,18-/m0/s1. The zero-order chi connectivity index (χ0) is 23.0. The van der Waals surface area contributed by atoms with Crippen molar-refractivity contribution in [2.75, 3.05) is 7.11 Å². The number of amidine groups is 1. The van der Waals surface area contributed by atoms with Crippen molar-refractivity contribution in [3.63, 3.8) is 0 Å². The summed E-state index contributed by atoms with van der Waals surface area (Å²) >= 11 is 0. The predicted octanol–water partition coefficient (Wildman–Crippen LogP) is 2.51. The summed E-state index contributed by atoms with van der Waals surface area (Å²) in [6.07, 6.45) is -5.10. The quantitative estimate of drug-likeness (QED) is 0.549. The summed E-state index contributed by atoms with van der Waals surface area (Å²) < 4.78 is 64.1. The molecule has 0 bridgehead atoms. The van der Waals surface area contributed by atoms with Gasteiger partial charge in [-0.1, -0.05) is 6.92 Å². The second-order valence-electron chi connectivity index (χ2n) is 7.43. The molecule has 0 saturated carbocycles. The van der Waals surface area contributed by atoms with Crippen LogP contribution in [0.25, 0.3) is 0 Å². The van der Waals surface area contributed by atoms with Crippen LogP contribution in [0, 0.1) is 5.92 Å². The van der Waals surface area contributed by atoms with Crippen molar-refractivity contribution in [2.24, 2.45) is 21.6 Å². The zero-order valence-electron chi connectivity index (χ0n) is 16.9. The second-order valence-corrected chi connectivity index (χ2v) is 7.43. The lowest BCUT2D eigenvalue weighted by molar-refractivity contribution is -0.206. The molecule has 1 amide bonds. The maximum absolute atomic E-state index is 14.7. The largest absolute Gasteiger partial charge is 0.495 e. The molecule has 0 radical (unpaired) electrons. The van der Waals surface area contributed by atoms with Gasteiger partial charge >= 0.3 is 6.18 Å². The van der Waals surface area contributed by atoms with E-state index in [0.29, 0.717) is 5.75 Å². The number of carbonyl (C=O) groups is 1. The van der Waals surface area contributed by atoms with Crippen molar-refractivity contribution < 1.29 is 31.8 Å². The molecule has 0 fully saturated rings. The summed E-state index contributed by atoms with van der Waals surface area (Å²) in [6, 6.07) is 1.48. The van der Waals surface area contributed by atoms with Gasteiger partial charge in [0.25, 0.3) is 11.9 Å². The lowest BCUT2D eigenvalue weighted by Crippen LogP contribution is -2.51. The van der Waals surface area contributed by atoms with Gasteiger partial charge in [0.2, 0.25) is 5.95 Å².